The van der Waals surface area contributed by atoms with Crippen LogP contribution < -0.4 is 0 Å². The normalized spacial score (nSPS) is 29.5. The van der Waals surface area contributed by atoms with E-state index in [0.29, 0.717) is 4.83 Å². The van der Waals surface area contributed by atoms with Gasteiger partial charge in [0.25, 0.3) is 0 Å². The lowest BCUT2D eigenvalue weighted by molar-refractivity contribution is 0.262. The van der Waals surface area contributed by atoms with Crippen LogP contribution in [0, 0.1) is 11.8 Å². The third-order valence-corrected chi connectivity index (χ3v) is 5.02. The van der Waals surface area contributed by atoms with Crippen molar-refractivity contribution >= 4 is 15.9 Å². The van der Waals surface area contributed by atoms with Gasteiger partial charge in [0.2, 0.25) is 0 Å². The first-order chi connectivity index (χ1) is 8.19. The predicted molar refractivity (Wildman–Crippen MR) is 73.2 cm³/mol. The van der Waals surface area contributed by atoms with E-state index in [0.717, 1.165) is 24.0 Å². The van der Waals surface area contributed by atoms with E-state index in [4.69, 9.17) is 0 Å². The fraction of sp³-hybridized carbons (Fsp3) is 0.846. The molecule has 0 N–H and O–H groups in total. The van der Waals surface area contributed by atoms with Crippen LogP contribution in [0.5, 0.6) is 0 Å². The molecule has 1 fully saturated rings. The molecule has 1 aromatic heterocycles. The molecule has 0 amide bonds. The van der Waals surface area contributed by atoms with E-state index in [9.17, 15) is 0 Å². The van der Waals surface area contributed by atoms with Crippen molar-refractivity contribution in [1.82, 2.24) is 15.0 Å². The Morgan fingerprint density at radius 2 is 2.29 bits per heavy atom. The Hall–Kier alpha value is -0.380. The summed E-state index contributed by atoms with van der Waals surface area (Å²) in [5, 5.41) is 8.22. The lowest BCUT2D eigenvalue weighted by Gasteiger charge is -2.32. The Morgan fingerprint density at radius 3 is 2.94 bits per heavy atom. The molecule has 3 unspecified atom stereocenters. The minimum Gasteiger partial charge on any atom is -0.255 e. The zero-order valence-electron chi connectivity index (χ0n) is 10.8. The van der Waals surface area contributed by atoms with Crippen molar-refractivity contribution in [3.8, 4) is 0 Å². The number of nitrogens with zero attached hydrogens (tertiary/aromatic N) is 3. The van der Waals surface area contributed by atoms with Gasteiger partial charge in [-0.1, -0.05) is 40.9 Å². The van der Waals surface area contributed by atoms with Crippen molar-refractivity contribution in [2.45, 2.75) is 50.3 Å². The minimum atomic E-state index is 0.664. The molecule has 3 atom stereocenters. The molecule has 2 rings (SSSR count). The largest absolute Gasteiger partial charge is 0.255 e. The minimum absolute atomic E-state index is 0.664. The maximum atomic E-state index is 4.21. The smallest absolute Gasteiger partial charge is 0.0830 e. The van der Waals surface area contributed by atoms with Gasteiger partial charge in [-0.25, -0.2) is 0 Å². The van der Waals surface area contributed by atoms with Crippen molar-refractivity contribution in [1.29, 1.82) is 0 Å². The Morgan fingerprint density at radius 1 is 1.47 bits per heavy atom. The van der Waals surface area contributed by atoms with Gasteiger partial charge in [-0.3, -0.25) is 4.68 Å². The highest BCUT2D eigenvalue weighted by atomic mass is 79.9. The zero-order chi connectivity index (χ0) is 12.3. The van der Waals surface area contributed by atoms with Crippen LogP contribution >= 0.6 is 15.9 Å². The van der Waals surface area contributed by atoms with E-state index in [2.05, 4.69) is 33.2 Å². The number of aryl methyl sites for hydroxylation is 1. The predicted octanol–water partition coefficient (Wildman–Crippen LogP) is 3.34. The van der Waals surface area contributed by atoms with Crippen LogP contribution in [0.25, 0.3) is 0 Å². The Bertz CT molecular complexity index is 350. The summed E-state index contributed by atoms with van der Waals surface area (Å²) in [4.78, 5) is 0.664. The first kappa shape index (κ1) is 13.1. The molecule has 1 aliphatic rings. The molecule has 1 heterocycles. The molecule has 0 aliphatic heterocycles. The van der Waals surface area contributed by atoms with Crippen LogP contribution in [0.1, 0.15) is 44.7 Å². The highest BCUT2D eigenvalue weighted by Gasteiger charge is 2.29. The van der Waals surface area contributed by atoms with Gasteiger partial charge in [0.15, 0.2) is 0 Å². The second-order valence-electron chi connectivity index (χ2n) is 5.33. The van der Waals surface area contributed by atoms with E-state index in [1.807, 2.05) is 13.2 Å². The monoisotopic (exact) mass is 299 g/mol. The molecule has 0 spiro atoms. The molecule has 0 bridgehead atoms. The third-order valence-electron chi connectivity index (χ3n) is 3.82. The fourth-order valence-electron chi connectivity index (χ4n) is 2.96. The lowest BCUT2D eigenvalue weighted by atomic mass is 9.77. The van der Waals surface area contributed by atoms with Crippen LogP contribution in [-0.4, -0.2) is 19.8 Å². The van der Waals surface area contributed by atoms with Crippen molar-refractivity contribution in [3.05, 3.63) is 11.9 Å². The SMILES string of the molecule is CCCC1CCC(Br)C(Cc2cn(C)nn2)C1. The summed E-state index contributed by atoms with van der Waals surface area (Å²) in [5.41, 5.74) is 1.14. The quantitative estimate of drug-likeness (QED) is 0.799. The zero-order valence-corrected chi connectivity index (χ0v) is 12.4. The summed E-state index contributed by atoms with van der Waals surface area (Å²) >= 11 is 3.84. The summed E-state index contributed by atoms with van der Waals surface area (Å²) in [6.07, 6.45) is 9.87. The number of rotatable bonds is 4. The van der Waals surface area contributed by atoms with Gasteiger partial charge in [-0.05, 0) is 37.5 Å². The molecule has 1 saturated carbocycles. The number of alkyl halides is 1. The topological polar surface area (TPSA) is 30.7 Å². The van der Waals surface area contributed by atoms with Gasteiger partial charge >= 0.3 is 0 Å². The molecule has 96 valence electrons. The van der Waals surface area contributed by atoms with E-state index in [1.54, 1.807) is 4.68 Å². The summed E-state index contributed by atoms with van der Waals surface area (Å²) in [5.74, 6) is 1.66. The van der Waals surface area contributed by atoms with Crippen molar-refractivity contribution < 1.29 is 0 Å². The molecular weight excluding hydrogens is 278 g/mol. The molecule has 17 heavy (non-hydrogen) atoms. The van der Waals surface area contributed by atoms with E-state index in [1.165, 1.54) is 32.1 Å². The van der Waals surface area contributed by atoms with Gasteiger partial charge in [0.1, 0.15) is 0 Å². The summed E-state index contributed by atoms with van der Waals surface area (Å²) < 4.78 is 1.80. The fourth-order valence-corrected chi connectivity index (χ4v) is 3.63. The molecule has 1 aromatic rings. The van der Waals surface area contributed by atoms with Crippen LogP contribution in [0.15, 0.2) is 6.20 Å². The number of hydrogen-bond acceptors (Lipinski definition) is 2. The molecule has 4 heteroatoms. The van der Waals surface area contributed by atoms with Gasteiger partial charge in [-0.2, -0.15) is 0 Å². The summed E-state index contributed by atoms with van der Waals surface area (Å²) in [6.45, 7) is 2.29. The molecule has 3 nitrogen and oxygen atoms in total. The van der Waals surface area contributed by atoms with Gasteiger partial charge in [0, 0.05) is 18.1 Å². The molecule has 0 aromatic carbocycles. The van der Waals surface area contributed by atoms with E-state index in [-0.39, 0.29) is 0 Å². The second-order valence-corrected chi connectivity index (χ2v) is 6.51. The van der Waals surface area contributed by atoms with Crippen molar-refractivity contribution in [2.24, 2.45) is 18.9 Å². The second kappa shape index (κ2) is 5.98. The average Bonchev–Trinajstić information content (AvgIpc) is 2.69. The maximum absolute atomic E-state index is 4.21. The third kappa shape index (κ3) is 3.54. The Balaban J connectivity index is 1.93. The maximum Gasteiger partial charge on any atom is 0.0830 e. The molecule has 1 aliphatic carbocycles. The average molecular weight is 300 g/mol. The van der Waals surface area contributed by atoms with Gasteiger partial charge in [0.05, 0.1) is 5.69 Å². The summed E-state index contributed by atoms with van der Waals surface area (Å²) in [7, 11) is 1.93. The molecule has 0 radical (unpaired) electrons. The van der Waals surface area contributed by atoms with Gasteiger partial charge in [-0.15, -0.1) is 5.10 Å². The van der Waals surface area contributed by atoms with Crippen LogP contribution in [0.2, 0.25) is 0 Å². The lowest BCUT2D eigenvalue weighted by Crippen LogP contribution is -2.26. The molecule has 0 saturated heterocycles. The molecular formula is C13H22BrN3. The Kier molecular flexibility index (Phi) is 4.60. The first-order valence-electron chi connectivity index (χ1n) is 6.68. The first-order valence-corrected chi connectivity index (χ1v) is 7.60. The van der Waals surface area contributed by atoms with Crippen LogP contribution in [-0.2, 0) is 13.5 Å². The van der Waals surface area contributed by atoms with E-state index >= 15 is 0 Å². The van der Waals surface area contributed by atoms with Gasteiger partial charge < -0.3 is 0 Å². The van der Waals surface area contributed by atoms with Crippen LogP contribution in [0.3, 0.4) is 0 Å². The number of aromatic nitrogens is 3. The van der Waals surface area contributed by atoms with Crippen molar-refractivity contribution in [3.63, 3.8) is 0 Å². The Labute approximate surface area is 112 Å². The summed E-state index contributed by atoms with van der Waals surface area (Å²) in [6, 6.07) is 0. The van der Waals surface area contributed by atoms with Crippen LogP contribution in [0.4, 0.5) is 0 Å². The highest BCUT2D eigenvalue weighted by Crippen LogP contribution is 2.37. The standard InChI is InChI=1S/C13H22BrN3/c1-3-4-10-5-6-13(14)11(7-10)8-12-9-17(2)16-15-12/h9-11,13H,3-8H2,1-2H3. The van der Waals surface area contributed by atoms with Crippen molar-refractivity contribution in [2.75, 3.05) is 0 Å². The van der Waals surface area contributed by atoms with E-state index < -0.39 is 0 Å². The highest BCUT2D eigenvalue weighted by molar-refractivity contribution is 9.09. The number of hydrogen-bond donors (Lipinski definition) is 0. The number of halogens is 1.